The van der Waals surface area contributed by atoms with Crippen LogP contribution in [0.4, 0.5) is 0 Å². The van der Waals surface area contributed by atoms with Gasteiger partial charge < -0.3 is 19.3 Å². The molecule has 1 N–H and O–H groups in total. The number of esters is 2. The van der Waals surface area contributed by atoms with Crippen molar-refractivity contribution in [3.05, 3.63) is 29.8 Å². The standard InChI is InChI=1S/C24H36O9S/c1-6-31-20(25)15-33-19-11-8-10-18(14-19)24(5,22(27)28)13-9-12-23(3,4)17-34(29,30)16-21(26)32-7-2/h8,10-11,14H,6-7,9,12-13,15-17H2,1-5H3,(H,27,28). The molecule has 0 heterocycles. The second-order valence-corrected chi connectivity index (χ2v) is 11.2. The molecule has 1 aromatic carbocycles. The molecule has 0 aliphatic heterocycles. The SMILES string of the molecule is CCOC(=O)COc1cccc(C(C)(CCCC(C)(C)CS(=O)(=O)CC(=O)OCC)C(=O)O)c1. The highest BCUT2D eigenvalue weighted by Crippen LogP contribution is 2.35. The minimum atomic E-state index is -3.66. The molecule has 1 aromatic rings. The van der Waals surface area contributed by atoms with Crippen LogP contribution in [-0.4, -0.2) is 62.8 Å². The van der Waals surface area contributed by atoms with Gasteiger partial charge >= 0.3 is 17.9 Å². The zero-order chi connectivity index (χ0) is 26.0. The highest BCUT2D eigenvalue weighted by molar-refractivity contribution is 7.92. The first kappa shape index (κ1) is 29.4. The van der Waals surface area contributed by atoms with Crippen molar-refractivity contribution in [1.29, 1.82) is 0 Å². The molecule has 192 valence electrons. The molecular weight excluding hydrogens is 464 g/mol. The van der Waals surface area contributed by atoms with Crippen LogP contribution >= 0.6 is 0 Å². The number of aliphatic carboxylic acids is 1. The summed E-state index contributed by atoms with van der Waals surface area (Å²) >= 11 is 0. The lowest BCUT2D eigenvalue weighted by atomic mass is 9.76. The Kier molecular flexibility index (Phi) is 11.0. The molecule has 0 aliphatic carbocycles. The highest BCUT2D eigenvalue weighted by atomic mass is 32.2. The van der Waals surface area contributed by atoms with E-state index in [2.05, 4.69) is 0 Å². The number of carboxylic acid groups (broad SMARTS) is 1. The first-order chi connectivity index (χ1) is 15.7. The molecule has 0 aliphatic rings. The zero-order valence-corrected chi connectivity index (χ0v) is 21.4. The molecule has 0 amide bonds. The summed E-state index contributed by atoms with van der Waals surface area (Å²) in [7, 11) is -3.66. The maximum Gasteiger partial charge on any atom is 0.344 e. The summed E-state index contributed by atoms with van der Waals surface area (Å²) in [5, 5.41) is 9.97. The Balaban J connectivity index is 2.85. The van der Waals surface area contributed by atoms with Gasteiger partial charge in [0.1, 0.15) is 11.5 Å². The number of sulfone groups is 1. The summed E-state index contributed by atoms with van der Waals surface area (Å²) in [6.45, 7) is 8.51. The Morgan fingerprint density at radius 1 is 0.971 bits per heavy atom. The van der Waals surface area contributed by atoms with Gasteiger partial charge in [0.2, 0.25) is 0 Å². The number of carboxylic acids is 1. The second kappa shape index (κ2) is 12.7. The third-order valence-corrected chi connectivity index (χ3v) is 7.29. The van der Waals surface area contributed by atoms with Crippen molar-refractivity contribution in [3.8, 4) is 5.75 Å². The minimum Gasteiger partial charge on any atom is -0.482 e. The van der Waals surface area contributed by atoms with Crippen LogP contribution in [0.5, 0.6) is 5.75 Å². The van der Waals surface area contributed by atoms with E-state index in [-0.39, 0.29) is 32.0 Å². The monoisotopic (exact) mass is 500 g/mol. The third-order valence-electron chi connectivity index (χ3n) is 5.39. The van der Waals surface area contributed by atoms with E-state index in [1.54, 1.807) is 58.9 Å². The van der Waals surface area contributed by atoms with Crippen molar-refractivity contribution in [2.24, 2.45) is 5.41 Å². The van der Waals surface area contributed by atoms with Gasteiger partial charge in [-0.3, -0.25) is 9.59 Å². The predicted octanol–water partition coefficient (Wildman–Crippen LogP) is 3.15. The van der Waals surface area contributed by atoms with Crippen LogP contribution in [0.25, 0.3) is 0 Å². The topological polar surface area (TPSA) is 133 Å². The smallest absolute Gasteiger partial charge is 0.344 e. The average Bonchev–Trinajstić information content (AvgIpc) is 2.71. The van der Waals surface area contributed by atoms with Crippen LogP contribution < -0.4 is 4.74 Å². The van der Waals surface area contributed by atoms with Crippen LogP contribution in [0.1, 0.15) is 59.4 Å². The van der Waals surface area contributed by atoms with Gasteiger partial charge in [0, 0.05) is 0 Å². The molecule has 34 heavy (non-hydrogen) atoms. The third kappa shape index (κ3) is 9.70. The molecule has 1 atom stereocenters. The Labute approximate surface area is 201 Å². The zero-order valence-electron chi connectivity index (χ0n) is 20.6. The van der Waals surface area contributed by atoms with Crippen molar-refractivity contribution < 1.29 is 42.1 Å². The van der Waals surface area contributed by atoms with Gasteiger partial charge in [-0.15, -0.1) is 0 Å². The maximum absolute atomic E-state index is 12.4. The highest BCUT2D eigenvalue weighted by Gasteiger charge is 2.36. The summed E-state index contributed by atoms with van der Waals surface area (Å²) < 4.78 is 39.7. The lowest BCUT2D eigenvalue weighted by Gasteiger charge is -2.29. The van der Waals surface area contributed by atoms with Gasteiger partial charge in [-0.05, 0) is 56.7 Å². The quantitative estimate of drug-likeness (QED) is 0.360. The van der Waals surface area contributed by atoms with Crippen LogP contribution in [0.2, 0.25) is 0 Å². The Morgan fingerprint density at radius 2 is 1.59 bits per heavy atom. The minimum absolute atomic E-state index is 0.112. The Bertz CT molecular complexity index is 953. The number of hydrogen-bond acceptors (Lipinski definition) is 8. The second-order valence-electron chi connectivity index (χ2n) is 9.11. The maximum atomic E-state index is 12.4. The molecule has 10 heteroatoms. The molecule has 9 nitrogen and oxygen atoms in total. The summed E-state index contributed by atoms with van der Waals surface area (Å²) in [6, 6.07) is 6.55. The summed E-state index contributed by atoms with van der Waals surface area (Å²) in [4.78, 5) is 35.3. The van der Waals surface area contributed by atoms with Gasteiger partial charge in [0.15, 0.2) is 16.4 Å². The number of ether oxygens (including phenoxy) is 3. The lowest BCUT2D eigenvalue weighted by Crippen LogP contribution is -2.34. The van der Waals surface area contributed by atoms with Gasteiger partial charge in [-0.1, -0.05) is 32.4 Å². The van der Waals surface area contributed by atoms with Gasteiger partial charge in [-0.2, -0.15) is 0 Å². The summed E-state index contributed by atoms with van der Waals surface area (Å²) in [5.74, 6) is -2.85. The van der Waals surface area contributed by atoms with E-state index >= 15 is 0 Å². The number of carbonyl (C=O) groups excluding carboxylic acids is 2. The molecule has 0 radical (unpaired) electrons. The Morgan fingerprint density at radius 3 is 2.18 bits per heavy atom. The van der Waals surface area contributed by atoms with Gasteiger partial charge in [-0.25, -0.2) is 13.2 Å². The Hall–Kier alpha value is -2.62. The van der Waals surface area contributed by atoms with Crippen molar-refractivity contribution in [1.82, 2.24) is 0 Å². The number of benzene rings is 1. The van der Waals surface area contributed by atoms with Crippen molar-refractivity contribution in [2.45, 2.75) is 59.3 Å². The molecule has 0 aromatic heterocycles. The van der Waals surface area contributed by atoms with E-state index in [0.717, 1.165) is 0 Å². The van der Waals surface area contributed by atoms with E-state index in [9.17, 15) is 27.9 Å². The molecule has 1 rings (SSSR count). The van der Waals surface area contributed by atoms with E-state index in [1.165, 1.54) is 0 Å². The molecule has 1 unspecified atom stereocenters. The molecule has 0 fully saturated rings. The molecule has 0 bridgehead atoms. The van der Waals surface area contributed by atoms with E-state index in [1.807, 2.05) is 0 Å². The summed E-state index contributed by atoms with van der Waals surface area (Å²) in [5.41, 5.74) is -1.40. The van der Waals surface area contributed by atoms with Crippen molar-refractivity contribution in [3.63, 3.8) is 0 Å². The van der Waals surface area contributed by atoms with Gasteiger partial charge in [0.05, 0.1) is 24.4 Å². The van der Waals surface area contributed by atoms with Crippen molar-refractivity contribution in [2.75, 3.05) is 31.3 Å². The first-order valence-corrected chi connectivity index (χ1v) is 13.0. The molecule has 0 spiro atoms. The van der Waals surface area contributed by atoms with E-state index in [0.29, 0.717) is 24.2 Å². The fraction of sp³-hybridized carbons (Fsp3) is 0.625. The van der Waals surface area contributed by atoms with Crippen LogP contribution in [-0.2, 0) is 39.1 Å². The average molecular weight is 501 g/mol. The van der Waals surface area contributed by atoms with E-state index in [4.69, 9.17) is 14.2 Å². The number of rotatable bonds is 15. The first-order valence-electron chi connectivity index (χ1n) is 11.2. The van der Waals surface area contributed by atoms with Crippen LogP contribution in [0.3, 0.4) is 0 Å². The number of carbonyl (C=O) groups is 3. The van der Waals surface area contributed by atoms with Crippen molar-refractivity contribution >= 4 is 27.7 Å². The largest absolute Gasteiger partial charge is 0.482 e. The summed E-state index contributed by atoms with van der Waals surface area (Å²) in [6.07, 6.45) is 1.14. The number of hydrogen-bond donors (Lipinski definition) is 1. The predicted molar refractivity (Wildman–Crippen MR) is 126 cm³/mol. The molecular formula is C24H36O9S. The van der Waals surface area contributed by atoms with E-state index < -0.39 is 44.3 Å². The molecule has 0 saturated heterocycles. The normalized spacial score (nSPS) is 13.6. The lowest BCUT2D eigenvalue weighted by molar-refractivity contribution is -0.146. The molecule has 0 saturated carbocycles. The van der Waals surface area contributed by atoms with Crippen LogP contribution in [0.15, 0.2) is 24.3 Å². The van der Waals surface area contributed by atoms with Crippen LogP contribution in [0, 0.1) is 5.41 Å². The van der Waals surface area contributed by atoms with Gasteiger partial charge in [0.25, 0.3) is 0 Å². The fourth-order valence-corrected chi connectivity index (χ4v) is 5.55. The fourth-order valence-electron chi connectivity index (χ4n) is 3.67.